The van der Waals surface area contributed by atoms with Crippen LogP contribution in [0, 0.1) is 0 Å². The van der Waals surface area contributed by atoms with Crippen molar-refractivity contribution in [1.82, 2.24) is 4.47 Å². The molecule has 1 aliphatic heterocycles. The van der Waals surface area contributed by atoms with Crippen molar-refractivity contribution in [3.05, 3.63) is 54.1 Å². The number of carbonyl (C=O) groups excluding carboxylic acids is 1. The zero-order valence-electron chi connectivity index (χ0n) is 15.4. The fraction of sp³-hybridized carbons (Fsp3) is 0.316. The molecule has 0 bridgehead atoms. The van der Waals surface area contributed by atoms with Crippen molar-refractivity contribution in [3.8, 4) is 0 Å². The van der Waals surface area contributed by atoms with E-state index in [0.29, 0.717) is 5.69 Å². The second-order valence-electron chi connectivity index (χ2n) is 6.32. The molecule has 1 fully saturated rings. The molecule has 1 amide bonds. The normalized spacial score (nSPS) is 14.6. The second kappa shape index (κ2) is 8.08. The van der Waals surface area contributed by atoms with E-state index in [1.165, 1.54) is 45.2 Å². The summed E-state index contributed by atoms with van der Waals surface area (Å²) in [5, 5.41) is 2.84. The van der Waals surface area contributed by atoms with Crippen LogP contribution in [-0.2, 0) is 14.9 Å². The lowest BCUT2D eigenvalue weighted by atomic mass is 10.2. The fourth-order valence-corrected chi connectivity index (χ4v) is 4.02. The average Bonchev–Trinajstić information content (AvgIpc) is 3.22. The van der Waals surface area contributed by atoms with Gasteiger partial charge in [0.05, 0.1) is 12.0 Å². The van der Waals surface area contributed by atoms with Crippen LogP contribution in [0.4, 0.5) is 11.4 Å². The molecule has 2 aromatic rings. The molecule has 0 aliphatic carbocycles. The van der Waals surface area contributed by atoms with Gasteiger partial charge in [-0.1, -0.05) is 16.6 Å². The molecule has 8 heteroatoms. The van der Waals surface area contributed by atoms with E-state index in [1.807, 2.05) is 24.3 Å². The van der Waals surface area contributed by atoms with Gasteiger partial charge in [-0.3, -0.25) is 9.63 Å². The number of hydrogen-bond acceptors (Lipinski definition) is 5. The van der Waals surface area contributed by atoms with Gasteiger partial charge in [-0.05, 0) is 49.2 Å². The van der Waals surface area contributed by atoms with Gasteiger partial charge in [0.2, 0.25) is 0 Å². The van der Waals surface area contributed by atoms with Crippen LogP contribution in [0.2, 0.25) is 0 Å². The van der Waals surface area contributed by atoms with E-state index in [1.54, 1.807) is 6.07 Å². The molecular weight excluding hydrogens is 366 g/mol. The number of carbonyl (C=O) groups is 1. The number of amides is 1. The van der Waals surface area contributed by atoms with Crippen LogP contribution in [0.3, 0.4) is 0 Å². The molecule has 7 nitrogen and oxygen atoms in total. The maximum atomic E-state index is 12.6. The monoisotopic (exact) mass is 389 g/mol. The molecule has 27 heavy (non-hydrogen) atoms. The van der Waals surface area contributed by atoms with Crippen molar-refractivity contribution in [1.29, 1.82) is 0 Å². The van der Waals surface area contributed by atoms with E-state index >= 15 is 0 Å². The Balaban J connectivity index is 1.79. The van der Waals surface area contributed by atoms with Crippen LogP contribution in [0.15, 0.2) is 53.4 Å². The summed E-state index contributed by atoms with van der Waals surface area (Å²) in [6.45, 7) is 2.04. The molecule has 1 saturated heterocycles. The Hall–Kier alpha value is -2.42. The second-order valence-corrected chi connectivity index (χ2v) is 8.26. The van der Waals surface area contributed by atoms with Gasteiger partial charge in [-0.15, -0.1) is 0 Å². The molecule has 1 heterocycles. The van der Waals surface area contributed by atoms with Gasteiger partial charge in [0.15, 0.2) is 0 Å². The van der Waals surface area contributed by atoms with Gasteiger partial charge >= 0.3 is 0 Å². The molecule has 1 N–H and O–H groups in total. The SMILES string of the molecule is CON(C)S(=O)(=O)c1cccc(C(=O)Nc2cccc(N3CCCC3)c2)c1. The van der Waals surface area contributed by atoms with E-state index in [2.05, 4.69) is 10.2 Å². The number of nitrogens with zero attached hydrogens (tertiary/aromatic N) is 2. The fourth-order valence-electron chi connectivity index (χ4n) is 3.00. The Morgan fingerprint density at radius 2 is 1.81 bits per heavy atom. The number of anilines is 2. The molecule has 0 saturated carbocycles. The van der Waals surface area contributed by atoms with Crippen molar-refractivity contribution >= 4 is 27.3 Å². The van der Waals surface area contributed by atoms with Crippen LogP contribution in [0.25, 0.3) is 0 Å². The van der Waals surface area contributed by atoms with Gasteiger partial charge in [-0.25, -0.2) is 8.42 Å². The average molecular weight is 389 g/mol. The molecule has 0 aromatic heterocycles. The number of hydrogen-bond donors (Lipinski definition) is 1. The van der Waals surface area contributed by atoms with Gasteiger partial charge in [0, 0.05) is 37.1 Å². The number of benzene rings is 2. The van der Waals surface area contributed by atoms with E-state index in [9.17, 15) is 13.2 Å². The highest BCUT2D eigenvalue weighted by atomic mass is 32.2. The third-order valence-electron chi connectivity index (χ3n) is 4.56. The first kappa shape index (κ1) is 19.3. The van der Waals surface area contributed by atoms with Gasteiger partial charge < -0.3 is 10.2 Å². The van der Waals surface area contributed by atoms with Gasteiger partial charge in [-0.2, -0.15) is 0 Å². The highest BCUT2D eigenvalue weighted by molar-refractivity contribution is 7.89. The predicted octanol–water partition coefficient (Wildman–Crippen LogP) is 2.72. The van der Waals surface area contributed by atoms with E-state index < -0.39 is 10.0 Å². The number of rotatable bonds is 6. The Labute approximate surface area is 159 Å². The van der Waals surface area contributed by atoms with E-state index in [4.69, 9.17) is 4.84 Å². The summed E-state index contributed by atoms with van der Waals surface area (Å²) in [5.41, 5.74) is 2.00. The molecular formula is C19H23N3O4S. The van der Waals surface area contributed by atoms with E-state index in [-0.39, 0.29) is 16.4 Å². The third-order valence-corrected chi connectivity index (χ3v) is 6.24. The van der Waals surface area contributed by atoms with Crippen molar-refractivity contribution in [3.63, 3.8) is 0 Å². The van der Waals surface area contributed by atoms with Gasteiger partial charge in [0.25, 0.3) is 15.9 Å². The topological polar surface area (TPSA) is 78.9 Å². The minimum Gasteiger partial charge on any atom is -0.371 e. The molecule has 0 spiro atoms. The maximum absolute atomic E-state index is 12.6. The lowest BCUT2D eigenvalue weighted by Gasteiger charge is -2.18. The molecule has 2 aromatic carbocycles. The first-order chi connectivity index (χ1) is 12.9. The summed E-state index contributed by atoms with van der Waals surface area (Å²) in [5.74, 6) is -0.370. The minimum atomic E-state index is -3.81. The largest absolute Gasteiger partial charge is 0.371 e. The third kappa shape index (κ3) is 4.29. The molecule has 3 rings (SSSR count). The van der Waals surface area contributed by atoms with Crippen LogP contribution in [-0.4, -0.2) is 46.0 Å². The van der Waals surface area contributed by atoms with E-state index in [0.717, 1.165) is 23.2 Å². The summed E-state index contributed by atoms with van der Waals surface area (Å²) in [6.07, 6.45) is 2.35. The standard InChI is InChI=1S/C19H23N3O4S/c1-21(26-2)27(24,25)18-10-5-7-15(13-18)19(23)20-16-8-6-9-17(14-16)22-11-3-4-12-22/h5-10,13-14H,3-4,11-12H2,1-2H3,(H,20,23). The van der Waals surface area contributed by atoms with Crippen molar-refractivity contribution < 1.29 is 18.0 Å². The molecule has 144 valence electrons. The van der Waals surface area contributed by atoms with Crippen LogP contribution in [0.5, 0.6) is 0 Å². The number of hydroxylamine groups is 1. The zero-order valence-corrected chi connectivity index (χ0v) is 16.2. The highest BCUT2D eigenvalue weighted by Gasteiger charge is 2.22. The van der Waals surface area contributed by atoms with Crippen LogP contribution < -0.4 is 10.2 Å². The Morgan fingerprint density at radius 1 is 1.11 bits per heavy atom. The molecule has 0 unspecified atom stereocenters. The first-order valence-corrected chi connectivity index (χ1v) is 10.2. The molecule has 0 radical (unpaired) electrons. The minimum absolute atomic E-state index is 0.00897. The Bertz CT molecular complexity index is 924. The summed E-state index contributed by atoms with van der Waals surface area (Å²) in [7, 11) is -1.25. The lowest BCUT2D eigenvalue weighted by Crippen LogP contribution is -2.26. The summed E-state index contributed by atoms with van der Waals surface area (Å²) in [6, 6.07) is 13.5. The molecule has 1 aliphatic rings. The van der Waals surface area contributed by atoms with Crippen LogP contribution in [0.1, 0.15) is 23.2 Å². The predicted molar refractivity (Wildman–Crippen MR) is 104 cm³/mol. The van der Waals surface area contributed by atoms with Crippen molar-refractivity contribution in [2.45, 2.75) is 17.7 Å². The smallest absolute Gasteiger partial charge is 0.264 e. The number of nitrogens with one attached hydrogen (secondary N) is 1. The lowest BCUT2D eigenvalue weighted by molar-refractivity contribution is -0.0258. The van der Waals surface area contributed by atoms with Gasteiger partial charge in [0.1, 0.15) is 0 Å². The maximum Gasteiger partial charge on any atom is 0.264 e. The Morgan fingerprint density at radius 3 is 2.52 bits per heavy atom. The summed E-state index contributed by atoms with van der Waals surface area (Å²) >= 11 is 0. The van der Waals surface area contributed by atoms with Crippen molar-refractivity contribution in [2.24, 2.45) is 0 Å². The first-order valence-electron chi connectivity index (χ1n) is 8.71. The van der Waals surface area contributed by atoms with Crippen molar-refractivity contribution in [2.75, 3.05) is 37.5 Å². The quantitative estimate of drug-likeness (QED) is 0.769. The summed E-state index contributed by atoms with van der Waals surface area (Å²) in [4.78, 5) is 19.6. The Kier molecular flexibility index (Phi) is 5.79. The van der Waals surface area contributed by atoms with Crippen LogP contribution >= 0.6 is 0 Å². The summed E-state index contributed by atoms with van der Waals surface area (Å²) < 4.78 is 25.5. The number of sulfonamides is 1. The highest BCUT2D eigenvalue weighted by Crippen LogP contribution is 2.24. The zero-order chi connectivity index (χ0) is 19.4. The molecule has 0 atom stereocenters.